The number of hydrogen-bond donors (Lipinski definition) is 1. The van der Waals surface area contributed by atoms with Gasteiger partial charge in [0.2, 0.25) is 0 Å². The molecule has 0 heterocycles. The summed E-state index contributed by atoms with van der Waals surface area (Å²) in [4.78, 5) is 10.7. The van der Waals surface area contributed by atoms with Crippen molar-refractivity contribution in [1.82, 2.24) is 5.32 Å². The predicted octanol–water partition coefficient (Wildman–Crippen LogP) is 1.62. The van der Waals surface area contributed by atoms with E-state index in [1.807, 2.05) is 0 Å². The highest BCUT2D eigenvalue weighted by atomic mass is 19.1. The molecule has 0 aliphatic carbocycles. The van der Waals surface area contributed by atoms with Crippen LogP contribution in [0, 0.1) is 11.6 Å². The second kappa shape index (κ2) is 6.17. The fraction of sp³-hybridized carbons (Fsp3) is 0.364. The van der Waals surface area contributed by atoms with Crippen LogP contribution in [0.2, 0.25) is 0 Å². The first-order chi connectivity index (χ1) is 7.63. The van der Waals surface area contributed by atoms with Gasteiger partial charge >= 0.3 is 5.97 Å². The van der Waals surface area contributed by atoms with Crippen LogP contribution in [0.1, 0.15) is 12.0 Å². The molecule has 0 atom stereocenters. The number of methoxy groups -OCH3 is 1. The molecule has 0 fully saturated rings. The number of hydrogen-bond acceptors (Lipinski definition) is 3. The number of carbonyl (C=O) groups is 1. The van der Waals surface area contributed by atoms with E-state index in [0.29, 0.717) is 6.54 Å². The topological polar surface area (TPSA) is 38.3 Å². The molecule has 5 heteroatoms. The Kier molecular flexibility index (Phi) is 4.85. The third-order valence-corrected chi connectivity index (χ3v) is 2.06. The van der Waals surface area contributed by atoms with Gasteiger partial charge in [0.15, 0.2) is 0 Å². The van der Waals surface area contributed by atoms with E-state index < -0.39 is 11.6 Å². The van der Waals surface area contributed by atoms with Crippen LogP contribution in [-0.4, -0.2) is 19.6 Å². The Morgan fingerprint density at radius 1 is 1.44 bits per heavy atom. The molecule has 0 radical (unpaired) electrons. The molecule has 0 spiro atoms. The van der Waals surface area contributed by atoms with E-state index in [-0.39, 0.29) is 24.5 Å². The zero-order chi connectivity index (χ0) is 12.0. The quantitative estimate of drug-likeness (QED) is 0.616. The normalized spacial score (nSPS) is 10.2. The van der Waals surface area contributed by atoms with Gasteiger partial charge in [0.1, 0.15) is 11.6 Å². The van der Waals surface area contributed by atoms with Crippen molar-refractivity contribution in [3.05, 3.63) is 35.4 Å². The van der Waals surface area contributed by atoms with Crippen molar-refractivity contribution in [3.63, 3.8) is 0 Å². The van der Waals surface area contributed by atoms with E-state index in [9.17, 15) is 13.6 Å². The first-order valence-electron chi connectivity index (χ1n) is 4.85. The van der Waals surface area contributed by atoms with Crippen molar-refractivity contribution < 1.29 is 18.3 Å². The summed E-state index contributed by atoms with van der Waals surface area (Å²) in [7, 11) is 1.30. The Balaban J connectivity index is 2.37. The highest BCUT2D eigenvalue weighted by Crippen LogP contribution is 2.08. The summed E-state index contributed by atoms with van der Waals surface area (Å²) in [6.45, 7) is 0.545. The Morgan fingerprint density at radius 2 is 2.19 bits per heavy atom. The van der Waals surface area contributed by atoms with E-state index in [1.165, 1.54) is 7.11 Å². The first-order valence-corrected chi connectivity index (χ1v) is 4.85. The fourth-order valence-corrected chi connectivity index (χ4v) is 1.19. The van der Waals surface area contributed by atoms with Gasteiger partial charge in [0.25, 0.3) is 0 Å². The molecule has 0 aliphatic rings. The molecule has 1 aromatic rings. The fourth-order valence-electron chi connectivity index (χ4n) is 1.19. The maximum Gasteiger partial charge on any atom is 0.306 e. The Labute approximate surface area is 92.4 Å². The van der Waals surface area contributed by atoms with E-state index >= 15 is 0 Å². The van der Waals surface area contributed by atoms with Crippen molar-refractivity contribution >= 4 is 5.97 Å². The van der Waals surface area contributed by atoms with Crippen molar-refractivity contribution in [2.24, 2.45) is 0 Å². The van der Waals surface area contributed by atoms with Gasteiger partial charge in [0.05, 0.1) is 13.5 Å². The number of carbonyl (C=O) groups excluding carboxylic acids is 1. The van der Waals surface area contributed by atoms with E-state index in [1.54, 1.807) is 0 Å². The molecule has 0 unspecified atom stereocenters. The van der Waals surface area contributed by atoms with Gasteiger partial charge in [-0.1, -0.05) is 0 Å². The lowest BCUT2D eigenvalue weighted by Crippen LogP contribution is -2.19. The number of nitrogens with one attached hydrogen (secondary N) is 1. The summed E-state index contributed by atoms with van der Waals surface area (Å²) >= 11 is 0. The molecule has 1 rings (SSSR count). The van der Waals surface area contributed by atoms with Crippen LogP contribution in [0.15, 0.2) is 18.2 Å². The van der Waals surface area contributed by atoms with Crippen molar-refractivity contribution in [1.29, 1.82) is 0 Å². The molecule has 0 amide bonds. The smallest absolute Gasteiger partial charge is 0.306 e. The van der Waals surface area contributed by atoms with Crippen LogP contribution in [-0.2, 0) is 16.1 Å². The summed E-state index contributed by atoms with van der Waals surface area (Å²) < 4.78 is 30.3. The number of halogens is 2. The lowest BCUT2D eigenvalue weighted by atomic mass is 10.2. The SMILES string of the molecule is COC(=O)CCNCc1cc(F)ccc1F. The lowest BCUT2D eigenvalue weighted by Gasteiger charge is -2.05. The van der Waals surface area contributed by atoms with Crippen molar-refractivity contribution in [3.8, 4) is 0 Å². The van der Waals surface area contributed by atoms with Crippen LogP contribution in [0.3, 0.4) is 0 Å². The highest BCUT2D eigenvalue weighted by molar-refractivity contribution is 5.69. The molecule has 1 aromatic carbocycles. The standard InChI is InChI=1S/C11H13F2NO2/c1-16-11(15)4-5-14-7-8-6-9(12)2-3-10(8)13/h2-3,6,14H,4-5,7H2,1H3. The average Bonchev–Trinajstić information content (AvgIpc) is 2.28. The molecule has 0 saturated heterocycles. The van der Waals surface area contributed by atoms with Crippen molar-refractivity contribution in [2.45, 2.75) is 13.0 Å². The molecule has 1 N–H and O–H groups in total. The summed E-state index contributed by atoms with van der Waals surface area (Å²) in [5, 5.41) is 2.83. The van der Waals surface area contributed by atoms with Gasteiger partial charge in [0, 0.05) is 18.7 Å². The third-order valence-electron chi connectivity index (χ3n) is 2.06. The summed E-state index contributed by atoms with van der Waals surface area (Å²) in [6.07, 6.45) is 0.202. The molecular weight excluding hydrogens is 216 g/mol. The summed E-state index contributed by atoms with van der Waals surface area (Å²) in [5.41, 5.74) is 0.241. The Hall–Kier alpha value is -1.49. The number of esters is 1. The minimum atomic E-state index is -0.480. The summed E-state index contributed by atoms with van der Waals surface area (Å²) in [6, 6.07) is 3.26. The lowest BCUT2D eigenvalue weighted by molar-refractivity contribution is -0.140. The Morgan fingerprint density at radius 3 is 2.88 bits per heavy atom. The maximum atomic E-state index is 13.1. The minimum absolute atomic E-state index is 0.181. The van der Waals surface area contributed by atoms with Gasteiger partial charge in [-0.3, -0.25) is 4.79 Å². The second-order valence-electron chi connectivity index (χ2n) is 3.24. The molecule has 0 saturated carbocycles. The Bertz CT molecular complexity index is 369. The van der Waals surface area contributed by atoms with Crippen molar-refractivity contribution in [2.75, 3.05) is 13.7 Å². The monoisotopic (exact) mass is 229 g/mol. The van der Waals surface area contributed by atoms with Gasteiger partial charge in [-0.2, -0.15) is 0 Å². The molecule has 3 nitrogen and oxygen atoms in total. The largest absolute Gasteiger partial charge is 0.469 e. The van der Waals surface area contributed by atoms with Gasteiger partial charge in [-0.05, 0) is 18.2 Å². The summed E-state index contributed by atoms with van der Waals surface area (Å²) in [5.74, 6) is -1.29. The molecule has 16 heavy (non-hydrogen) atoms. The van der Waals surface area contributed by atoms with Gasteiger partial charge in [-0.25, -0.2) is 8.78 Å². The van der Waals surface area contributed by atoms with Gasteiger partial charge in [-0.15, -0.1) is 0 Å². The molecule has 0 aromatic heterocycles. The third kappa shape index (κ3) is 3.94. The van der Waals surface area contributed by atoms with E-state index in [2.05, 4.69) is 10.1 Å². The van der Waals surface area contributed by atoms with Crippen LogP contribution < -0.4 is 5.32 Å². The molecule has 0 aliphatic heterocycles. The van der Waals surface area contributed by atoms with Crippen LogP contribution in [0.25, 0.3) is 0 Å². The van der Waals surface area contributed by atoms with E-state index in [4.69, 9.17) is 0 Å². The zero-order valence-electron chi connectivity index (χ0n) is 8.93. The second-order valence-corrected chi connectivity index (χ2v) is 3.24. The number of benzene rings is 1. The first kappa shape index (κ1) is 12.6. The van der Waals surface area contributed by atoms with Crippen LogP contribution >= 0.6 is 0 Å². The maximum absolute atomic E-state index is 13.1. The predicted molar refractivity (Wildman–Crippen MR) is 54.7 cm³/mol. The zero-order valence-corrected chi connectivity index (χ0v) is 8.93. The van der Waals surface area contributed by atoms with Crippen LogP contribution in [0.5, 0.6) is 0 Å². The number of ether oxygens (including phenoxy) is 1. The average molecular weight is 229 g/mol. The minimum Gasteiger partial charge on any atom is -0.469 e. The van der Waals surface area contributed by atoms with E-state index in [0.717, 1.165) is 18.2 Å². The number of rotatable bonds is 5. The molecular formula is C11H13F2NO2. The van der Waals surface area contributed by atoms with Crippen LogP contribution in [0.4, 0.5) is 8.78 Å². The molecule has 0 bridgehead atoms. The molecule has 88 valence electrons. The highest BCUT2D eigenvalue weighted by Gasteiger charge is 2.04. The van der Waals surface area contributed by atoms with Gasteiger partial charge < -0.3 is 10.1 Å².